The van der Waals surface area contributed by atoms with Crippen molar-refractivity contribution >= 4 is 29.0 Å². The summed E-state index contributed by atoms with van der Waals surface area (Å²) in [6, 6.07) is 24.4. The predicted molar refractivity (Wildman–Crippen MR) is 140 cm³/mol. The molecular formula is C28H26N4O4. The molecule has 36 heavy (non-hydrogen) atoms. The van der Waals surface area contributed by atoms with Crippen molar-refractivity contribution in [3.63, 3.8) is 0 Å². The number of amides is 3. The molecule has 3 amide bonds. The van der Waals surface area contributed by atoms with Crippen LogP contribution in [-0.2, 0) is 6.61 Å². The number of anilines is 3. The Bertz CT molecular complexity index is 1310. The van der Waals surface area contributed by atoms with E-state index in [9.17, 15) is 9.59 Å². The molecule has 0 bridgehead atoms. The molecule has 0 saturated carbocycles. The van der Waals surface area contributed by atoms with Gasteiger partial charge in [0.1, 0.15) is 6.61 Å². The zero-order chi connectivity index (χ0) is 25.2. The Kier molecular flexibility index (Phi) is 8.11. The van der Waals surface area contributed by atoms with Gasteiger partial charge < -0.3 is 25.4 Å². The van der Waals surface area contributed by atoms with Gasteiger partial charge in [-0.3, -0.25) is 9.78 Å². The maximum Gasteiger partial charge on any atom is 0.323 e. The van der Waals surface area contributed by atoms with Crippen LogP contribution in [0.4, 0.5) is 21.9 Å². The minimum Gasteiger partial charge on any atom is -0.490 e. The van der Waals surface area contributed by atoms with Crippen LogP contribution in [0.3, 0.4) is 0 Å². The molecule has 182 valence electrons. The topological polar surface area (TPSA) is 102 Å². The minimum absolute atomic E-state index is 0.317. The predicted octanol–water partition coefficient (Wildman–Crippen LogP) is 5.96. The van der Waals surface area contributed by atoms with Crippen molar-refractivity contribution in [3.8, 4) is 11.5 Å². The van der Waals surface area contributed by atoms with Crippen LogP contribution >= 0.6 is 0 Å². The Morgan fingerprint density at radius 3 is 2.17 bits per heavy atom. The Hall–Kier alpha value is -4.85. The first-order valence-corrected chi connectivity index (χ1v) is 11.4. The summed E-state index contributed by atoms with van der Waals surface area (Å²) in [7, 11) is 0. The summed E-state index contributed by atoms with van der Waals surface area (Å²) >= 11 is 0. The van der Waals surface area contributed by atoms with Crippen LogP contribution in [0.2, 0.25) is 0 Å². The van der Waals surface area contributed by atoms with Gasteiger partial charge in [0, 0.05) is 35.0 Å². The quantitative estimate of drug-likeness (QED) is 0.273. The van der Waals surface area contributed by atoms with Crippen LogP contribution < -0.4 is 25.4 Å². The molecule has 3 aromatic carbocycles. The lowest BCUT2D eigenvalue weighted by Gasteiger charge is -2.14. The highest BCUT2D eigenvalue weighted by molar-refractivity contribution is 6.05. The molecule has 0 radical (unpaired) electrons. The molecule has 0 atom stereocenters. The fourth-order valence-electron chi connectivity index (χ4n) is 3.37. The van der Waals surface area contributed by atoms with E-state index in [1.807, 2.05) is 37.3 Å². The van der Waals surface area contributed by atoms with Gasteiger partial charge in [-0.15, -0.1) is 0 Å². The number of hydrogen-bond donors (Lipinski definition) is 3. The summed E-state index contributed by atoms with van der Waals surface area (Å²) in [6.07, 6.45) is 3.41. The van der Waals surface area contributed by atoms with Gasteiger partial charge in [0.2, 0.25) is 0 Å². The van der Waals surface area contributed by atoms with E-state index in [1.165, 1.54) is 0 Å². The molecule has 0 aliphatic rings. The highest BCUT2D eigenvalue weighted by atomic mass is 16.5. The highest BCUT2D eigenvalue weighted by Gasteiger charge is 2.13. The van der Waals surface area contributed by atoms with Gasteiger partial charge in [0.05, 0.1) is 6.61 Å². The maximum absolute atomic E-state index is 12.9. The Morgan fingerprint density at radius 1 is 0.722 bits per heavy atom. The van der Waals surface area contributed by atoms with E-state index in [2.05, 4.69) is 20.9 Å². The number of para-hydroxylation sites is 1. The molecule has 4 rings (SSSR count). The number of urea groups is 1. The number of benzene rings is 3. The molecule has 0 unspecified atom stereocenters. The third-order valence-electron chi connectivity index (χ3n) is 5.06. The molecule has 0 saturated heterocycles. The van der Waals surface area contributed by atoms with Crippen molar-refractivity contribution in [1.82, 2.24) is 4.98 Å². The van der Waals surface area contributed by atoms with Gasteiger partial charge in [-0.25, -0.2) is 4.79 Å². The van der Waals surface area contributed by atoms with Crippen LogP contribution in [0, 0.1) is 0 Å². The van der Waals surface area contributed by atoms with Gasteiger partial charge in [-0.1, -0.05) is 24.3 Å². The third-order valence-corrected chi connectivity index (χ3v) is 5.06. The summed E-state index contributed by atoms with van der Waals surface area (Å²) in [5.41, 5.74) is 3.14. The first-order valence-electron chi connectivity index (χ1n) is 11.4. The largest absolute Gasteiger partial charge is 0.490 e. The Morgan fingerprint density at radius 2 is 1.42 bits per heavy atom. The van der Waals surface area contributed by atoms with Crippen LogP contribution in [0.25, 0.3) is 0 Å². The van der Waals surface area contributed by atoms with E-state index in [0.717, 1.165) is 5.56 Å². The van der Waals surface area contributed by atoms with E-state index in [1.54, 1.807) is 67.0 Å². The van der Waals surface area contributed by atoms with Gasteiger partial charge >= 0.3 is 6.03 Å². The monoisotopic (exact) mass is 482 g/mol. The van der Waals surface area contributed by atoms with Gasteiger partial charge in [0.25, 0.3) is 5.91 Å². The summed E-state index contributed by atoms with van der Waals surface area (Å²) in [5.74, 6) is 0.704. The number of ether oxygens (including phenoxy) is 2. The Labute approximate surface area is 209 Å². The van der Waals surface area contributed by atoms with Crippen LogP contribution in [-0.4, -0.2) is 23.5 Å². The lowest BCUT2D eigenvalue weighted by Crippen LogP contribution is -2.19. The molecule has 8 heteroatoms. The van der Waals surface area contributed by atoms with Crippen LogP contribution in [0.5, 0.6) is 11.5 Å². The molecule has 1 heterocycles. The number of nitrogens with one attached hydrogen (secondary N) is 3. The van der Waals surface area contributed by atoms with Crippen molar-refractivity contribution in [2.24, 2.45) is 0 Å². The highest BCUT2D eigenvalue weighted by Crippen LogP contribution is 2.30. The number of pyridine rings is 1. The number of nitrogens with zero attached hydrogens (tertiary/aromatic N) is 1. The van der Waals surface area contributed by atoms with Crippen LogP contribution in [0.1, 0.15) is 22.8 Å². The second kappa shape index (κ2) is 12.0. The zero-order valence-electron chi connectivity index (χ0n) is 19.7. The van der Waals surface area contributed by atoms with Crippen molar-refractivity contribution in [1.29, 1.82) is 0 Å². The average molecular weight is 483 g/mol. The molecule has 0 fully saturated rings. The number of carbonyl (C=O) groups excluding carboxylic acids is 2. The van der Waals surface area contributed by atoms with Gasteiger partial charge in [0.15, 0.2) is 11.5 Å². The smallest absolute Gasteiger partial charge is 0.323 e. The van der Waals surface area contributed by atoms with E-state index in [4.69, 9.17) is 9.47 Å². The molecular weight excluding hydrogens is 456 g/mol. The van der Waals surface area contributed by atoms with Crippen LogP contribution in [0.15, 0.2) is 97.3 Å². The molecule has 0 aliphatic carbocycles. The van der Waals surface area contributed by atoms with E-state index in [0.29, 0.717) is 47.3 Å². The van der Waals surface area contributed by atoms with E-state index in [-0.39, 0.29) is 11.9 Å². The molecule has 8 nitrogen and oxygen atoms in total. The zero-order valence-corrected chi connectivity index (χ0v) is 19.7. The minimum atomic E-state index is -0.381. The SMILES string of the molecule is CCOc1cc(C(=O)Nc2cccc(NC(=O)Nc3ccccc3)c2)ccc1OCc1ccncc1. The molecule has 1 aromatic heterocycles. The lowest BCUT2D eigenvalue weighted by atomic mass is 10.1. The first-order chi connectivity index (χ1) is 17.6. The number of rotatable bonds is 9. The standard InChI is InChI=1S/C28H26N4O4/c1-2-35-26-17-21(11-12-25(26)36-19-20-13-15-29-16-14-20)27(33)30-23-9-6-10-24(18-23)32-28(34)31-22-7-4-3-5-8-22/h3-18H,2,19H2,1H3,(H,30,33)(H2,31,32,34). The number of hydrogen-bond acceptors (Lipinski definition) is 5. The first kappa shape index (κ1) is 24.3. The number of carbonyl (C=O) groups is 2. The molecule has 0 spiro atoms. The molecule has 4 aromatic rings. The van der Waals surface area contributed by atoms with E-state index >= 15 is 0 Å². The molecule has 0 aliphatic heterocycles. The second-order valence-corrected chi connectivity index (χ2v) is 7.72. The average Bonchev–Trinajstić information content (AvgIpc) is 2.89. The summed E-state index contributed by atoms with van der Waals surface area (Å²) < 4.78 is 11.6. The number of aromatic nitrogens is 1. The lowest BCUT2D eigenvalue weighted by molar-refractivity contribution is 0.102. The van der Waals surface area contributed by atoms with Gasteiger partial charge in [-0.05, 0) is 73.2 Å². The van der Waals surface area contributed by atoms with Crippen molar-refractivity contribution in [3.05, 3.63) is 108 Å². The third kappa shape index (κ3) is 6.83. The summed E-state index contributed by atoms with van der Waals surface area (Å²) in [5, 5.41) is 8.37. The normalized spacial score (nSPS) is 10.2. The van der Waals surface area contributed by atoms with Crippen molar-refractivity contribution < 1.29 is 19.1 Å². The fourth-order valence-corrected chi connectivity index (χ4v) is 3.37. The van der Waals surface area contributed by atoms with Gasteiger partial charge in [-0.2, -0.15) is 0 Å². The Balaban J connectivity index is 1.40. The maximum atomic E-state index is 12.9. The fraction of sp³-hybridized carbons (Fsp3) is 0.107. The summed E-state index contributed by atoms with van der Waals surface area (Å²) in [6.45, 7) is 2.65. The second-order valence-electron chi connectivity index (χ2n) is 7.72. The molecule has 3 N–H and O–H groups in total. The van der Waals surface area contributed by atoms with E-state index < -0.39 is 0 Å². The van der Waals surface area contributed by atoms with Crippen molar-refractivity contribution in [2.75, 3.05) is 22.6 Å². The summed E-state index contributed by atoms with van der Waals surface area (Å²) in [4.78, 5) is 29.2. The van der Waals surface area contributed by atoms with Crippen molar-refractivity contribution in [2.45, 2.75) is 13.5 Å².